The summed E-state index contributed by atoms with van der Waals surface area (Å²) in [7, 11) is 0. The second kappa shape index (κ2) is 3.62. The fraction of sp³-hybridized carbons (Fsp3) is 1.00. The van der Waals surface area contributed by atoms with Gasteiger partial charge < -0.3 is 5.32 Å². The molecule has 1 saturated heterocycles. The maximum atomic E-state index is 12.3. The first-order valence-electron chi connectivity index (χ1n) is 4.07. The summed E-state index contributed by atoms with van der Waals surface area (Å²) in [6.07, 6.45) is -4.09. The van der Waals surface area contributed by atoms with E-state index in [1.807, 2.05) is 0 Å². The van der Waals surface area contributed by atoms with Gasteiger partial charge in [-0.1, -0.05) is 6.92 Å². The van der Waals surface area contributed by atoms with Crippen LogP contribution in [0.25, 0.3) is 0 Å². The van der Waals surface area contributed by atoms with Crippen LogP contribution in [0.4, 0.5) is 13.2 Å². The number of nitrogens with zero attached hydrogens (tertiary/aromatic N) is 1. The first kappa shape index (κ1) is 9.80. The Labute approximate surface area is 69.7 Å². The Bertz CT molecular complexity index is 146. The van der Waals surface area contributed by atoms with Crippen LogP contribution in [0.15, 0.2) is 0 Å². The molecule has 0 aromatic rings. The van der Waals surface area contributed by atoms with Crippen LogP contribution in [0.2, 0.25) is 0 Å². The van der Waals surface area contributed by atoms with E-state index in [4.69, 9.17) is 0 Å². The summed E-state index contributed by atoms with van der Waals surface area (Å²) in [5.41, 5.74) is 0. The topological polar surface area (TPSA) is 15.3 Å². The van der Waals surface area contributed by atoms with Crippen molar-refractivity contribution in [3.8, 4) is 0 Å². The van der Waals surface area contributed by atoms with Gasteiger partial charge >= 0.3 is 6.18 Å². The molecule has 1 atom stereocenters. The zero-order chi connectivity index (χ0) is 9.19. The molecule has 0 aromatic carbocycles. The van der Waals surface area contributed by atoms with E-state index >= 15 is 0 Å². The molecule has 5 heteroatoms. The third kappa shape index (κ3) is 2.10. The molecule has 1 N–H and O–H groups in total. The molecule has 0 unspecified atom stereocenters. The number of halogens is 3. The first-order valence-corrected chi connectivity index (χ1v) is 4.07. The lowest BCUT2D eigenvalue weighted by atomic mass is 10.2. The van der Waals surface area contributed by atoms with Gasteiger partial charge in [0.2, 0.25) is 0 Å². The molecule has 0 saturated carbocycles. The number of piperazine rings is 1. The van der Waals surface area contributed by atoms with Gasteiger partial charge in [-0.25, -0.2) is 0 Å². The molecule has 2 nitrogen and oxygen atoms in total. The molecule has 0 radical (unpaired) electrons. The van der Waals surface area contributed by atoms with Gasteiger partial charge in [0.15, 0.2) is 0 Å². The molecule has 0 amide bonds. The van der Waals surface area contributed by atoms with Gasteiger partial charge in [0.05, 0.1) is 0 Å². The van der Waals surface area contributed by atoms with Crippen LogP contribution in [0.3, 0.4) is 0 Å². The molecule has 0 aliphatic carbocycles. The van der Waals surface area contributed by atoms with Gasteiger partial charge in [-0.3, -0.25) is 4.90 Å². The van der Waals surface area contributed by atoms with Crippen molar-refractivity contribution in [2.45, 2.75) is 19.1 Å². The van der Waals surface area contributed by atoms with Crippen LogP contribution in [-0.4, -0.2) is 43.3 Å². The lowest BCUT2D eigenvalue weighted by Gasteiger charge is -2.36. The van der Waals surface area contributed by atoms with E-state index in [2.05, 4.69) is 5.32 Å². The molecule has 1 heterocycles. The van der Waals surface area contributed by atoms with E-state index in [0.717, 1.165) is 0 Å². The summed E-state index contributed by atoms with van der Waals surface area (Å²) in [5.74, 6) is 0. The highest BCUT2D eigenvalue weighted by atomic mass is 19.4. The monoisotopic (exact) mass is 182 g/mol. The summed E-state index contributed by atoms with van der Waals surface area (Å²) in [5, 5.41) is 2.74. The van der Waals surface area contributed by atoms with Crippen molar-refractivity contribution in [3.63, 3.8) is 0 Å². The fourth-order valence-corrected chi connectivity index (χ4v) is 1.45. The van der Waals surface area contributed by atoms with Crippen LogP contribution < -0.4 is 5.32 Å². The van der Waals surface area contributed by atoms with Crippen molar-refractivity contribution >= 4 is 0 Å². The highest BCUT2D eigenvalue weighted by Gasteiger charge is 2.43. The Balaban J connectivity index is 2.59. The van der Waals surface area contributed by atoms with Gasteiger partial charge in [0.25, 0.3) is 0 Å². The Morgan fingerprint density at radius 2 is 2.17 bits per heavy atom. The average Bonchev–Trinajstić information content (AvgIpc) is 2.03. The second-order valence-corrected chi connectivity index (χ2v) is 2.89. The normalized spacial score (nSPS) is 27.5. The highest BCUT2D eigenvalue weighted by Crippen LogP contribution is 2.25. The predicted molar refractivity (Wildman–Crippen MR) is 40.0 cm³/mol. The standard InChI is InChI=1S/C7H13F3N2/c1-2-12-4-3-11-5-6(12)7(8,9)10/h6,11H,2-5H2,1H3/t6-/m0/s1. The maximum Gasteiger partial charge on any atom is 0.405 e. The zero-order valence-electron chi connectivity index (χ0n) is 6.99. The minimum Gasteiger partial charge on any atom is -0.314 e. The predicted octanol–water partition coefficient (Wildman–Crippen LogP) is 0.842. The quantitative estimate of drug-likeness (QED) is 0.646. The Hall–Kier alpha value is -0.290. The molecule has 1 rings (SSSR count). The van der Waals surface area contributed by atoms with Gasteiger partial charge in [-0.2, -0.15) is 13.2 Å². The lowest BCUT2D eigenvalue weighted by molar-refractivity contribution is -0.186. The van der Waals surface area contributed by atoms with Gasteiger partial charge in [0.1, 0.15) is 6.04 Å². The van der Waals surface area contributed by atoms with Crippen molar-refractivity contribution in [1.82, 2.24) is 10.2 Å². The van der Waals surface area contributed by atoms with E-state index in [-0.39, 0.29) is 6.54 Å². The Morgan fingerprint density at radius 3 is 2.58 bits per heavy atom. The summed E-state index contributed by atoms with van der Waals surface area (Å²) >= 11 is 0. The number of alkyl halides is 3. The molecular formula is C7H13F3N2. The van der Waals surface area contributed by atoms with E-state index in [0.29, 0.717) is 19.6 Å². The van der Waals surface area contributed by atoms with E-state index in [9.17, 15) is 13.2 Å². The zero-order valence-corrected chi connectivity index (χ0v) is 6.99. The second-order valence-electron chi connectivity index (χ2n) is 2.89. The fourth-order valence-electron chi connectivity index (χ4n) is 1.45. The highest BCUT2D eigenvalue weighted by molar-refractivity contribution is 4.84. The number of likely N-dealkylation sites (N-methyl/N-ethyl adjacent to an activating group) is 1. The van der Waals surface area contributed by atoms with Crippen LogP contribution in [0, 0.1) is 0 Å². The molecule has 1 fully saturated rings. The van der Waals surface area contributed by atoms with Crippen LogP contribution >= 0.6 is 0 Å². The number of hydrogen-bond acceptors (Lipinski definition) is 2. The van der Waals surface area contributed by atoms with Gasteiger partial charge in [0, 0.05) is 19.6 Å². The third-order valence-electron chi connectivity index (χ3n) is 2.14. The molecule has 0 bridgehead atoms. The van der Waals surface area contributed by atoms with E-state index < -0.39 is 12.2 Å². The van der Waals surface area contributed by atoms with Crippen molar-refractivity contribution < 1.29 is 13.2 Å². The number of hydrogen-bond donors (Lipinski definition) is 1. The Kier molecular flexibility index (Phi) is 2.95. The van der Waals surface area contributed by atoms with Crippen molar-refractivity contribution in [2.24, 2.45) is 0 Å². The van der Waals surface area contributed by atoms with Crippen LogP contribution in [0.5, 0.6) is 0 Å². The molecule has 1 aliphatic heterocycles. The van der Waals surface area contributed by atoms with Gasteiger partial charge in [-0.05, 0) is 6.54 Å². The number of nitrogens with one attached hydrogen (secondary N) is 1. The minimum absolute atomic E-state index is 0.0251. The summed E-state index contributed by atoms with van der Waals surface area (Å²) in [6, 6.07) is -1.30. The minimum atomic E-state index is -4.09. The van der Waals surface area contributed by atoms with Crippen molar-refractivity contribution in [3.05, 3.63) is 0 Å². The first-order chi connectivity index (χ1) is 5.55. The van der Waals surface area contributed by atoms with E-state index in [1.165, 1.54) is 4.90 Å². The largest absolute Gasteiger partial charge is 0.405 e. The number of rotatable bonds is 1. The molecule has 0 spiro atoms. The summed E-state index contributed by atoms with van der Waals surface area (Å²) in [6.45, 7) is 3.38. The lowest BCUT2D eigenvalue weighted by Crippen LogP contribution is -2.57. The van der Waals surface area contributed by atoms with Crippen LogP contribution in [0.1, 0.15) is 6.92 Å². The average molecular weight is 182 g/mol. The molecule has 0 aromatic heterocycles. The van der Waals surface area contributed by atoms with E-state index in [1.54, 1.807) is 6.92 Å². The molecule has 12 heavy (non-hydrogen) atoms. The van der Waals surface area contributed by atoms with Gasteiger partial charge in [-0.15, -0.1) is 0 Å². The van der Waals surface area contributed by atoms with Crippen molar-refractivity contribution in [1.29, 1.82) is 0 Å². The summed E-state index contributed by atoms with van der Waals surface area (Å²) in [4.78, 5) is 1.45. The third-order valence-corrected chi connectivity index (χ3v) is 2.14. The SMILES string of the molecule is CCN1CCNC[C@H]1C(F)(F)F. The maximum absolute atomic E-state index is 12.3. The van der Waals surface area contributed by atoms with Crippen LogP contribution in [-0.2, 0) is 0 Å². The smallest absolute Gasteiger partial charge is 0.314 e. The summed E-state index contributed by atoms with van der Waals surface area (Å²) < 4.78 is 36.9. The van der Waals surface area contributed by atoms with Crippen molar-refractivity contribution in [2.75, 3.05) is 26.2 Å². The molecule has 72 valence electrons. The Morgan fingerprint density at radius 1 is 1.50 bits per heavy atom. The molecule has 1 aliphatic rings. The molecular weight excluding hydrogens is 169 g/mol.